The number of hydrogen-bond donors (Lipinski definition) is 2. The van der Waals surface area contributed by atoms with Crippen LogP contribution in [-0.4, -0.2) is 15.9 Å². The van der Waals surface area contributed by atoms with Crippen LogP contribution in [0.5, 0.6) is 0 Å². The minimum Gasteiger partial charge on any atom is -0.396 e. The molecule has 6 heteroatoms. The Morgan fingerprint density at radius 2 is 2.28 bits per heavy atom. The summed E-state index contributed by atoms with van der Waals surface area (Å²) in [4.78, 5) is 20.3. The first-order chi connectivity index (χ1) is 8.58. The largest absolute Gasteiger partial charge is 0.396 e. The zero-order valence-electron chi connectivity index (χ0n) is 10.2. The van der Waals surface area contributed by atoms with Crippen molar-refractivity contribution < 1.29 is 4.79 Å². The van der Waals surface area contributed by atoms with E-state index in [1.165, 1.54) is 17.5 Å². The minimum absolute atomic E-state index is 0.151. The Morgan fingerprint density at radius 3 is 2.89 bits per heavy atom. The van der Waals surface area contributed by atoms with Crippen molar-refractivity contribution in [3.8, 4) is 0 Å². The van der Waals surface area contributed by atoms with Crippen molar-refractivity contribution in [1.82, 2.24) is 9.97 Å². The van der Waals surface area contributed by atoms with Gasteiger partial charge in [0.2, 0.25) is 0 Å². The van der Waals surface area contributed by atoms with Gasteiger partial charge in [0.1, 0.15) is 5.82 Å². The Kier molecular flexibility index (Phi) is 3.57. The molecule has 0 bridgehead atoms. The average Bonchev–Trinajstić information content (AvgIpc) is 2.81. The molecule has 3 N–H and O–H groups in total. The maximum Gasteiger partial charge on any atom is 0.276 e. The lowest BCUT2D eigenvalue weighted by Gasteiger charge is -2.08. The van der Waals surface area contributed by atoms with E-state index in [1.807, 2.05) is 30.7 Å². The third kappa shape index (κ3) is 2.65. The van der Waals surface area contributed by atoms with E-state index < -0.39 is 0 Å². The number of rotatable bonds is 3. The first-order valence-corrected chi connectivity index (χ1v) is 6.48. The molecule has 0 aliphatic heterocycles. The molecule has 2 aromatic heterocycles. The molecule has 94 valence electrons. The Morgan fingerprint density at radius 1 is 1.50 bits per heavy atom. The number of aromatic nitrogens is 2. The highest BCUT2D eigenvalue weighted by atomic mass is 32.1. The standard InChI is InChI=1S/C12H14N4OS/c1-7(2)11-14-5-9(13)10(16-11)12(17)15-8-3-4-18-6-8/h3-7H,13H2,1-2H3,(H,15,17). The molecule has 18 heavy (non-hydrogen) atoms. The van der Waals surface area contributed by atoms with Crippen LogP contribution in [-0.2, 0) is 0 Å². The van der Waals surface area contributed by atoms with Gasteiger partial charge in [-0.1, -0.05) is 13.8 Å². The summed E-state index contributed by atoms with van der Waals surface area (Å²) in [5, 5.41) is 6.48. The lowest BCUT2D eigenvalue weighted by Crippen LogP contribution is -2.17. The predicted molar refractivity (Wildman–Crippen MR) is 72.8 cm³/mol. The molecule has 0 fully saturated rings. The third-order valence-corrected chi connectivity index (χ3v) is 3.03. The van der Waals surface area contributed by atoms with E-state index in [2.05, 4.69) is 15.3 Å². The molecule has 0 unspecified atom stereocenters. The smallest absolute Gasteiger partial charge is 0.276 e. The topological polar surface area (TPSA) is 80.9 Å². The second-order valence-electron chi connectivity index (χ2n) is 4.15. The number of anilines is 2. The van der Waals surface area contributed by atoms with Crippen LogP contribution in [0.1, 0.15) is 36.1 Å². The second-order valence-corrected chi connectivity index (χ2v) is 4.93. The Labute approximate surface area is 109 Å². The lowest BCUT2D eigenvalue weighted by molar-refractivity contribution is 0.102. The summed E-state index contributed by atoms with van der Waals surface area (Å²) in [6, 6.07) is 1.82. The average molecular weight is 262 g/mol. The van der Waals surface area contributed by atoms with Crippen molar-refractivity contribution in [2.24, 2.45) is 0 Å². The lowest BCUT2D eigenvalue weighted by atomic mass is 10.2. The minimum atomic E-state index is -0.310. The van der Waals surface area contributed by atoms with Gasteiger partial charge in [-0.25, -0.2) is 9.97 Å². The first kappa shape index (κ1) is 12.5. The maximum absolute atomic E-state index is 12.0. The molecule has 0 radical (unpaired) electrons. The normalized spacial score (nSPS) is 10.6. The van der Waals surface area contributed by atoms with Crippen molar-refractivity contribution >= 4 is 28.6 Å². The molecule has 2 heterocycles. The van der Waals surface area contributed by atoms with Crippen molar-refractivity contribution in [3.05, 3.63) is 34.5 Å². The summed E-state index contributed by atoms with van der Waals surface area (Å²) in [5.41, 5.74) is 6.99. The van der Waals surface area contributed by atoms with E-state index in [1.54, 1.807) is 0 Å². The van der Waals surface area contributed by atoms with Crippen LogP contribution in [0.25, 0.3) is 0 Å². The van der Waals surface area contributed by atoms with Gasteiger partial charge >= 0.3 is 0 Å². The van der Waals surface area contributed by atoms with Crippen LogP contribution < -0.4 is 11.1 Å². The molecule has 0 aliphatic carbocycles. The predicted octanol–water partition coefficient (Wildman–Crippen LogP) is 2.50. The van der Waals surface area contributed by atoms with E-state index in [9.17, 15) is 4.79 Å². The molecular weight excluding hydrogens is 248 g/mol. The van der Waals surface area contributed by atoms with Gasteiger partial charge in [0, 0.05) is 11.3 Å². The van der Waals surface area contributed by atoms with Gasteiger partial charge in [-0.15, -0.1) is 0 Å². The fraction of sp³-hybridized carbons (Fsp3) is 0.250. The number of nitrogens with zero attached hydrogens (tertiary/aromatic N) is 2. The summed E-state index contributed by atoms with van der Waals surface area (Å²) < 4.78 is 0. The van der Waals surface area contributed by atoms with E-state index in [0.717, 1.165) is 5.69 Å². The van der Waals surface area contributed by atoms with Crippen LogP contribution in [0, 0.1) is 0 Å². The van der Waals surface area contributed by atoms with Crippen LogP contribution >= 0.6 is 11.3 Å². The third-order valence-electron chi connectivity index (χ3n) is 2.35. The zero-order valence-corrected chi connectivity index (χ0v) is 11.0. The van der Waals surface area contributed by atoms with Crippen LogP contribution in [0.4, 0.5) is 11.4 Å². The zero-order chi connectivity index (χ0) is 13.1. The fourth-order valence-electron chi connectivity index (χ4n) is 1.39. The molecule has 1 amide bonds. The molecule has 0 spiro atoms. The highest BCUT2D eigenvalue weighted by Crippen LogP contribution is 2.17. The van der Waals surface area contributed by atoms with Gasteiger partial charge < -0.3 is 11.1 Å². The van der Waals surface area contributed by atoms with E-state index in [4.69, 9.17) is 5.73 Å². The molecule has 0 saturated heterocycles. The van der Waals surface area contributed by atoms with E-state index in [0.29, 0.717) is 5.82 Å². The first-order valence-electron chi connectivity index (χ1n) is 5.54. The summed E-state index contributed by atoms with van der Waals surface area (Å²) >= 11 is 1.51. The number of thiophene rings is 1. The van der Waals surface area contributed by atoms with Crippen molar-refractivity contribution in [2.75, 3.05) is 11.1 Å². The summed E-state index contributed by atoms with van der Waals surface area (Å²) in [6.07, 6.45) is 1.48. The number of carbonyl (C=O) groups is 1. The number of amides is 1. The Balaban J connectivity index is 2.26. The van der Waals surface area contributed by atoms with Gasteiger partial charge in [-0.3, -0.25) is 4.79 Å². The van der Waals surface area contributed by atoms with Gasteiger partial charge in [0.25, 0.3) is 5.91 Å². The number of carbonyl (C=O) groups excluding carboxylic acids is 1. The van der Waals surface area contributed by atoms with Crippen LogP contribution in [0.2, 0.25) is 0 Å². The van der Waals surface area contributed by atoms with Gasteiger partial charge in [-0.2, -0.15) is 11.3 Å². The number of nitrogen functional groups attached to an aromatic ring is 1. The summed E-state index contributed by atoms with van der Waals surface area (Å²) in [6.45, 7) is 3.93. The highest BCUT2D eigenvalue weighted by molar-refractivity contribution is 7.08. The van der Waals surface area contributed by atoms with Crippen molar-refractivity contribution in [1.29, 1.82) is 0 Å². The monoisotopic (exact) mass is 262 g/mol. The number of hydrogen-bond acceptors (Lipinski definition) is 5. The maximum atomic E-state index is 12.0. The molecule has 5 nitrogen and oxygen atoms in total. The highest BCUT2D eigenvalue weighted by Gasteiger charge is 2.15. The molecular formula is C12H14N4OS. The van der Waals surface area contributed by atoms with Gasteiger partial charge in [-0.05, 0) is 11.4 Å². The van der Waals surface area contributed by atoms with E-state index >= 15 is 0 Å². The number of nitrogens with two attached hydrogens (primary N) is 1. The van der Waals surface area contributed by atoms with Crippen molar-refractivity contribution in [3.63, 3.8) is 0 Å². The van der Waals surface area contributed by atoms with Crippen molar-refractivity contribution in [2.45, 2.75) is 19.8 Å². The Bertz CT molecular complexity index is 551. The van der Waals surface area contributed by atoms with Gasteiger partial charge in [0.15, 0.2) is 5.69 Å². The number of nitrogens with one attached hydrogen (secondary N) is 1. The second kappa shape index (κ2) is 5.14. The summed E-state index contributed by atoms with van der Waals surface area (Å²) in [5.74, 6) is 0.452. The van der Waals surface area contributed by atoms with E-state index in [-0.39, 0.29) is 23.2 Å². The Hall–Kier alpha value is -1.95. The molecule has 0 aliphatic rings. The van der Waals surface area contributed by atoms with Gasteiger partial charge in [0.05, 0.1) is 17.6 Å². The SMILES string of the molecule is CC(C)c1ncc(N)c(C(=O)Nc2ccsc2)n1. The summed E-state index contributed by atoms with van der Waals surface area (Å²) in [7, 11) is 0. The molecule has 2 aromatic rings. The quantitative estimate of drug-likeness (QED) is 0.890. The molecule has 0 atom stereocenters. The molecule has 2 rings (SSSR count). The van der Waals surface area contributed by atoms with Crippen LogP contribution in [0.15, 0.2) is 23.0 Å². The molecule has 0 saturated carbocycles. The fourth-order valence-corrected chi connectivity index (χ4v) is 1.98. The molecule has 0 aromatic carbocycles. The van der Waals surface area contributed by atoms with Crippen LogP contribution in [0.3, 0.4) is 0 Å².